The van der Waals surface area contributed by atoms with Crippen molar-refractivity contribution < 1.29 is 24.6 Å². The SMILES string of the molecule is CC(=O)NCCNC(=O)N(CC(=O)O)c1ccc(O)cc1. The van der Waals surface area contributed by atoms with E-state index in [0.717, 1.165) is 4.90 Å². The van der Waals surface area contributed by atoms with Gasteiger partial charge in [-0.15, -0.1) is 0 Å². The quantitative estimate of drug-likeness (QED) is 0.556. The van der Waals surface area contributed by atoms with E-state index in [1.54, 1.807) is 0 Å². The number of carbonyl (C=O) groups is 3. The van der Waals surface area contributed by atoms with Crippen LogP contribution in [0, 0.1) is 0 Å². The molecule has 0 aliphatic heterocycles. The highest BCUT2D eigenvalue weighted by Crippen LogP contribution is 2.18. The van der Waals surface area contributed by atoms with Crippen LogP contribution in [0.1, 0.15) is 6.92 Å². The van der Waals surface area contributed by atoms with E-state index in [1.807, 2.05) is 0 Å². The highest BCUT2D eigenvalue weighted by atomic mass is 16.4. The number of phenolic OH excluding ortho intramolecular Hbond substituents is 1. The average molecular weight is 295 g/mol. The Bertz CT molecular complexity index is 515. The lowest BCUT2D eigenvalue weighted by atomic mass is 10.3. The largest absolute Gasteiger partial charge is 0.508 e. The van der Waals surface area contributed by atoms with Crippen molar-refractivity contribution in [2.75, 3.05) is 24.5 Å². The molecular formula is C13H17N3O5. The van der Waals surface area contributed by atoms with Crippen LogP contribution in [0.15, 0.2) is 24.3 Å². The van der Waals surface area contributed by atoms with Gasteiger partial charge in [-0.3, -0.25) is 14.5 Å². The van der Waals surface area contributed by atoms with Crippen LogP contribution in [0.25, 0.3) is 0 Å². The molecule has 3 amide bonds. The Kier molecular flexibility index (Phi) is 5.99. The van der Waals surface area contributed by atoms with Crippen LogP contribution >= 0.6 is 0 Å². The zero-order valence-corrected chi connectivity index (χ0v) is 11.5. The summed E-state index contributed by atoms with van der Waals surface area (Å²) in [5.74, 6) is -1.37. The number of carboxylic acids is 1. The number of nitrogens with zero attached hydrogens (tertiary/aromatic N) is 1. The predicted molar refractivity (Wildman–Crippen MR) is 75.2 cm³/mol. The zero-order valence-electron chi connectivity index (χ0n) is 11.5. The number of benzene rings is 1. The molecule has 8 heteroatoms. The highest BCUT2D eigenvalue weighted by Gasteiger charge is 2.18. The lowest BCUT2D eigenvalue weighted by molar-refractivity contribution is -0.135. The smallest absolute Gasteiger partial charge is 0.323 e. The van der Waals surface area contributed by atoms with Crippen LogP contribution in [0.5, 0.6) is 5.75 Å². The number of aromatic hydroxyl groups is 1. The molecule has 0 radical (unpaired) electrons. The molecule has 114 valence electrons. The van der Waals surface area contributed by atoms with Gasteiger partial charge in [0.1, 0.15) is 12.3 Å². The minimum atomic E-state index is -1.17. The lowest BCUT2D eigenvalue weighted by Crippen LogP contribution is -2.45. The second kappa shape index (κ2) is 7.73. The Morgan fingerprint density at radius 1 is 1.10 bits per heavy atom. The number of urea groups is 1. The van der Waals surface area contributed by atoms with Gasteiger partial charge in [-0.2, -0.15) is 0 Å². The van der Waals surface area contributed by atoms with Gasteiger partial charge >= 0.3 is 12.0 Å². The number of hydrogen-bond acceptors (Lipinski definition) is 4. The fraction of sp³-hybridized carbons (Fsp3) is 0.308. The molecule has 0 fully saturated rings. The monoisotopic (exact) mass is 295 g/mol. The molecule has 0 bridgehead atoms. The van der Waals surface area contributed by atoms with E-state index < -0.39 is 18.5 Å². The lowest BCUT2D eigenvalue weighted by Gasteiger charge is -2.21. The van der Waals surface area contributed by atoms with Gasteiger partial charge in [0.25, 0.3) is 0 Å². The molecule has 0 aliphatic carbocycles. The average Bonchev–Trinajstić information content (AvgIpc) is 2.41. The molecule has 0 aromatic heterocycles. The Hall–Kier alpha value is -2.77. The molecule has 0 aliphatic rings. The zero-order chi connectivity index (χ0) is 15.8. The van der Waals surface area contributed by atoms with Gasteiger partial charge in [0.05, 0.1) is 0 Å². The number of carboxylic acid groups (broad SMARTS) is 1. The first-order valence-electron chi connectivity index (χ1n) is 6.21. The molecule has 8 nitrogen and oxygen atoms in total. The van der Waals surface area contributed by atoms with E-state index in [-0.39, 0.29) is 24.7 Å². The fourth-order valence-electron chi connectivity index (χ4n) is 1.55. The highest BCUT2D eigenvalue weighted by molar-refractivity contribution is 5.96. The first-order chi connectivity index (χ1) is 9.90. The van der Waals surface area contributed by atoms with Gasteiger partial charge in [-0.05, 0) is 24.3 Å². The van der Waals surface area contributed by atoms with Crippen molar-refractivity contribution in [1.29, 1.82) is 0 Å². The van der Waals surface area contributed by atoms with E-state index in [9.17, 15) is 19.5 Å². The summed E-state index contributed by atoms with van der Waals surface area (Å²) in [6.07, 6.45) is 0. The van der Waals surface area contributed by atoms with Gasteiger partial charge in [0, 0.05) is 25.7 Å². The first kappa shape index (κ1) is 16.3. The van der Waals surface area contributed by atoms with Crippen LogP contribution in [-0.2, 0) is 9.59 Å². The van der Waals surface area contributed by atoms with Crippen LogP contribution in [0.4, 0.5) is 10.5 Å². The summed E-state index contributed by atoms with van der Waals surface area (Å²) in [7, 11) is 0. The second-order valence-corrected chi connectivity index (χ2v) is 4.21. The molecule has 21 heavy (non-hydrogen) atoms. The maximum absolute atomic E-state index is 12.0. The molecule has 1 aromatic rings. The minimum Gasteiger partial charge on any atom is -0.508 e. The number of aliphatic carboxylic acids is 1. The van der Waals surface area contributed by atoms with Crippen molar-refractivity contribution in [2.24, 2.45) is 0 Å². The molecule has 1 rings (SSSR count). The van der Waals surface area contributed by atoms with Gasteiger partial charge in [-0.25, -0.2) is 4.79 Å². The van der Waals surface area contributed by atoms with E-state index in [4.69, 9.17) is 5.11 Å². The number of hydrogen-bond donors (Lipinski definition) is 4. The van der Waals surface area contributed by atoms with Gasteiger partial charge < -0.3 is 20.8 Å². The number of amides is 3. The van der Waals surface area contributed by atoms with Crippen molar-refractivity contribution in [2.45, 2.75) is 6.92 Å². The number of phenols is 1. The molecule has 1 aromatic carbocycles. The first-order valence-corrected chi connectivity index (χ1v) is 6.21. The van der Waals surface area contributed by atoms with E-state index >= 15 is 0 Å². The van der Waals surface area contributed by atoms with Crippen molar-refractivity contribution in [3.63, 3.8) is 0 Å². The van der Waals surface area contributed by atoms with Crippen LogP contribution in [-0.4, -0.2) is 47.8 Å². The second-order valence-electron chi connectivity index (χ2n) is 4.21. The molecule has 4 N–H and O–H groups in total. The number of rotatable bonds is 6. The summed E-state index contributed by atoms with van der Waals surface area (Å²) < 4.78 is 0. The molecular weight excluding hydrogens is 278 g/mol. The Labute approximate surface area is 121 Å². The van der Waals surface area contributed by atoms with Crippen LogP contribution in [0.2, 0.25) is 0 Å². The van der Waals surface area contributed by atoms with Crippen molar-refractivity contribution >= 4 is 23.6 Å². The maximum atomic E-state index is 12.0. The van der Waals surface area contributed by atoms with Gasteiger partial charge in [-0.1, -0.05) is 0 Å². The minimum absolute atomic E-state index is 0.0140. The van der Waals surface area contributed by atoms with Gasteiger partial charge in [0.15, 0.2) is 0 Å². The third-order valence-electron chi connectivity index (χ3n) is 2.48. The predicted octanol–water partition coefficient (Wildman–Crippen LogP) is 0.129. The van der Waals surface area contributed by atoms with E-state index in [1.165, 1.54) is 31.2 Å². The van der Waals surface area contributed by atoms with Crippen molar-refractivity contribution in [3.8, 4) is 5.75 Å². The van der Waals surface area contributed by atoms with Crippen molar-refractivity contribution in [3.05, 3.63) is 24.3 Å². The third kappa shape index (κ3) is 5.81. The van der Waals surface area contributed by atoms with Crippen LogP contribution in [0.3, 0.4) is 0 Å². The topological polar surface area (TPSA) is 119 Å². The summed E-state index contributed by atoms with van der Waals surface area (Å²) >= 11 is 0. The summed E-state index contributed by atoms with van der Waals surface area (Å²) in [6.45, 7) is 1.26. The summed E-state index contributed by atoms with van der Waals surface area (Å²) in [4.78, 5) is 34.5. The normalized spacial score (nSPS) is 9.76. The maximum Gasteiger partial charge on any atom is 0.323 e. The molecule has 0 spiro atoms. The fourth-order valence-corrected chi connectivity index (χ4v) is 1.55. The third-order valence-corrected chi connectivity index (χ3v) is 2.48. The molecule has 0 atom stereocenters. The summed E-state index contributed by atoms with van der Waals surface area (Å²) in [5.41, 5.74) is 0.340. The standard InChI is InChI=1S/C13H17N3O5/c1-9(17)14-6-7-15-13(21)16(8-12(19)20)10-2-4-11(18)5-3-10/h2-5,18H,6-8H2,1H3,(H,14,17)(H,15,21)(H,19,20). The molecule has 0 heterocycles. The number of carbonyl (C=O) groups excluding carboxylic acids is 2. The summed E-state index contributed by atoms with van der Waals surface area (Å²) in [6, 6.07) is 4.98. The van der Waals surface area contributed by atoms with Gasteiger partial charge in [0.2, 0.25) is 5.91 Å². The molecule has 0 saturated carbocycles. The molecule has 0 unspecified atom stereocenters. The summed E-state index contributed by atoms with van der Waals surface area (Å²) in [5, 5.41) is 23.1. The van der Waals surface area contributed by atoms with E-state index in [0.29, 0.717) is 5.69 Å². The molecule has 0 saturated heterocycles. The van der Waals surface area contributed by atoms with E-state index in [2.05, 4.69) is 10.6 Å². The Morgan fingerprint density at radius 3 is 2.19 bits per heavy atom. The Balaban J connectivity index is 2.68. The number of nitrogens with one attached hydrogen (secondary N) is 2. The van der Waals surface area contributed by atoms with Crippen molar-refractivity contribution in [1.82, 2.24) is 10.6 Å². The number of anilines is 1. The van der Waals surface area contributed by atoms with Crippen LogP contribution < -0.4 is 15.5 Å². The Morgan fingerprint density at radius 2 is 1.67 bits per heavy atom.